The van der Waals surface area contributed by atoms with Crippen molar-refractivity contribution in [2.75, 3.05) is 52.6 Å². The van der Waals surface area contributed by atoms with Crippen molar-refractivity contribution in [3.63, 3.8) is 0 Å². The van der Waals surface area contributed by atoms with Crippen molar-refractivity contribution < 1.29 is 9.47 Å². The Morgan fingerprint density at radius 1 is 0.704 bits per heavy atom. The molecule has 3 heterocycles. The molecule has 0 unspecified atom stereocenters. The predicted molar refractivity (Wildman–Crippen MR) is 107 cm³/mol. The average molecular weight is 370 g/mol. The molecule has 0 saturated carbocycles. The number of hydrogen-bond donors (Lipinski definition) is 0. The fourth-order valence-electron chi connectivity index (χ4n) is 4.31. The second-order valence-corrected chi connectivity index (χ2v) is 7.58. The van der Waals surface area contributed by atoms with Crippen LogP contribution in [0.1, 0.15) is 22.5 Å². The van der Waals surface area contributed by atoms with Gasteiger partial charge in [0.25, 0.3) is 0 Å². The van der Waals surface area contributed by atoms with E-state index in [9.17, 15) is 0 Å². The Labute approximate surface area is 162 Å². The van der Waals surface area contributed by atoms with Crippen LogP contribution in [-0.2, 0) is 22.6 Å². The molecule has 0 N–H and O–H groups in total. The van der Waals surface area contributed by atoms with Crippen molar-refractivity contribution in [1.29, 1.82) is 0 Å². The van der Waals surface area contributed by atoms with E-state index in [1.165, 1.54) is 28.2 Å². The molecule has 0 bridgehead atoms. The Hall–Kier alpha value is -1.66. The van der Waals surface area contributed by atoms with E-state index >= 15 is 0 Å². The lowest BCUT2D eigenvalue weighted by Gasteiger charge is -2.29. The molecule has 0 aliphatic carbocycles. The number of hydrogen-bond acceptors (Lipinski definition) is 4. The summed E-state index contributed by atoms with van der Waals surface area (Å²) in [7, 11) is 0. The summed E-state index contributed by atoms with van der Waals surface area (Å²) >= 11 is 0. The number of benzene rings is 1. The van der Waals surface area contributed by atoms with Crippen LogP contribution in [0.2, 0.25) is 0 Å². The molecule has 2 fully saturated rings. The minimum absolute atomic E-state index is 0.843. The largest absolute Gasteiger partial charge is 0.379 e. The van der Waals surface area contributed by atoms with Gasteiger partial charge in [-0.25, -0.2) is 0 Å². The van der Waals surface area contributed by atoms with Gasteiger partial charge in [-0.2, -0.15) is 0 Å². The summed E-state index contributed by atoms with van der Waals surface area (Å²) in [4.78, 5) is 5.06. The van der Waals surface area contributed by atoms with Crippen molar-refractivity contribution in [1.82, 2.24) is 14.4 Å². The van der Waals surface area contributed by atoms with E-state index in [1.807, 2.05) is 0 Å². The lowest BCUT2D eigenvalue weighted by molar-refractivity contribution is 0.0309. The van der Waals surface area contributed by atoms with Crippen molar-refractivity contribution in [2.24, 2.45) is 0 Å². The van der Waals surface area contributed by atoms with Gasteiger partial charge in [0.2, 0.25) is 0 Å². The number of ether oxygens (including phenoxy) is 2. The third kappa shape index (κ3) is 4.11. The van der Waals surface area contributed by atoms with E-state index in [-0.39, 0.29) is 0 Å². The van der Waals surface area contributed by atoms with Crippen LogP contribution in [0.4, 0.5) is 0 Å². The number of para-hydroxylation sites is 1. The topological polar surface area (TPSA) is 29.9 Å². The van der Waals surface area contributed by atoms with Gasteiger partial charge in [0.15, 0.2) is 0 Å². The SMILES string of the molecule is Cc1c(CN2CCOCC2)c(CN2CCOCC2)c(C)n1-c1ccccc1. The molecule has 0 atom stereocenters. The van der Waals surface area contributed by atoms with Crippen LogP contribution in [-0.4, -0.2) is 67.0 Å². The first-order valence-corrected chi connectivity index (χ1v) is 10.1. The quantitative estimate of drug-likeness (QED) is 0.811. The van der Waals surface area contributed by atoms with Crippen molar-refractivity contribution in [3.05, 3.63) is 52.8 Å². The monoisotopic (exact) mass is 369 g/mol. The maximum absolute atomic E-state index is 5.55. The molecule has 5 heteroatoms. The van der Waals surface area contributed by atoms with Gasteiger partial charge in [-0.05, 0) is 37.1 Å². The maximum Gasteiger partial charge on any atom is 0.0594 e. The van der Waals surface area contributed by atoms with E-state index in [4.69, 9.17) is 9.47 Å². The Balaban J connectivity index is 1.69. The molecule has 1 aromatic carbocycles. The van der Waals surface area contributed by atoms with Crippen LogP contribution in [0.25, 0.3) is 5.69 Å². The minimum atomic E-state index is 0.843. The molecule has 0 spiro atoms. The summed E-state index contributed by atoms with van der Waals surface area (Å²) in [5, 5.41) is 0. The highest BCUT2D eigenvalue weighted by molar-refractivity contribution is 5.46. The van der Waals surface area contributed by atoms with E-state index < -0.39 is 0 Å². The van der Waals surface area contributed by atoms with E-state index in [1.54, 1.807) is 0 Å². The Bertz CT molecular complexity index is 701. The van der Waals surface area contributed by atoms with Gasteiger partial charge >= 0.3 is 0 Å². The molecule has 2 aliphatic rings. The van der Waals surface area contributed by atoms with Gasteiger partial charge in [-0.15, -0.1) is 0 Å². The molecule has 2 aromatic rings. The van der Waals surface area contributed by atoms with Crippen molar-refractivity contribution in [2.45, 2.75) is 26.9 Å². The Kier molecular flexibility index (Phi) is 5.93. The molecule has 1 aromatic heterocycles. The number of rotatable bonds is 5. The Morgan fingerprint density at radius 3 is 1.59 bits per heavy atom. The summed E-state index contributed by atoms with van der Waals surface area (Å²) in [5.41, 5.74) is 6.97. The zero-order valence-corrected chi connectivity index (χ0v) is 16.6. The van der Waals surface area contributed by atoms with Crippen LogP contribution in [0.3, 0.4) is 0 Å². The van der Waals surface area contributed by atoms with Crippen molar-refractivity contribution in [3.8, 4) is 5.69 Å². The minimum Gasteiger partial charge on any atom is -0.379 e. The molecule has 5 nitrogen and oxygen atoms in total. The lowest BCUT2D eigenvalue weighted by Crippen LogP contribution is -2.37. The van der Waals surface area contributed by atoms with Crippen LogP contribution in [0.15, 0.2) is 30.3 Å². The predicted octanol–water partition coefficient (Wildman–Crippen LogP) is 2.76. The van der Waals surface area contributed by atoms with Crippen LogP contribution in [0, 0.1) is 13.8 Å². The average Bonchev–Trinajstić information content (AvgIpc) is 2.94. The summed E-state index contributed by atoms with van der Waals surface area (Å²) < 4.78 is 13.5. The van der Waals surface area contributed by atoms with E-state index in [2.05, 4.69) is 58.5 Å². The van der Waals surface area contributed by atoms with Gasteiger partial charge in [0.1, 0.15) is 0 Å². The highest BCUT2D eigenvalue weighted by atomic mass is 16.5. The lowest BCUT2D eigenvalue weighted by atomic mass is 10.1. The highest BCUT2D eigenvalue weighted by Crippen LogP contribution is 2.29. The summed E-state index contributed by atoms with van der Waals surface area (Å²) in [6.45, 7) is 14.0. The third-order valence-electron chi connectivity index (χ3n) is 5.89. The first-order valence-electron chi connectivity index (χ1n) is 10.1. The van der Waals surface area contributed by atoms with Crippen LogP contribution < -0.4 is 0 Å². The molecule has 2 saturated heterocycles. The summed E-state index contributed by atoms with van der Waals surface area (Å²) in [5.74, 6) is 0. The Morgan fingerprint density at radius 2 is 1.15 bits per heavy atom. The zero-order valence-electron chi connectivity index (χ0n) is 16.6. The number of nitrogens with zero attached hydrogens (tertiary/aromatic N) is 3. The zero-order chi connectivity index (χ0) is 18.6. The van der Waals surface area contributed by atoms with Crippen LogP contribution >= 0.6 is 0 Å². The maximum atomic E-state index is 5.55. The van der Waals surface area contributed by atoms with Gasteiger partial charge in [-0.1, -0.05) is 18.2 Å². The third-order valence-corrected chi connectivity index (χ3v) is 5.89. The van der Waals surface area contributed by atoms with Crippen molar-refractivity contribution >= 4 is 0 Å². The molecule has 146 valence electrons. The van der Waals surface area contributed by atoms with Gasteiger partial charge in [0, 0.05) is 56.3 Å². The molecular formula is C22H31N3O2. The first kappa shape index (κ1) is 18.7. The molecule has 0 radical (unpaired) electrons. The van der Waals surface area contributed by atoms with Crippen LogP contribution in [0.5, 0.6) is 0 Å². The standard InChI is InChI=1S/C22H31N3O2/c1-18-21(16-23-8-12-26-13-9-23)22(17-24-10-14-27-15-11-24)19(2)25(18)20-6-4-3-5-7-20/h3-7H,8-17H2,1-2H3. The number of morpholine rings is 2. The van der Waals surface area contributed by atoms with Gasteiger partial charge < -0.3 is 14.0 Å². The molecule has 4 rings (SSSR count). The summed E-state index contributed by atoms with van der Waals surface area (Å²) in [6.07, 6.45) is 0. The van der Waals surface area contributed by atoms with Gasteiger partial charge in [-0.3, -0.25) is 9.80 Å². The summed E-state index contributed by atoms with van der Waals surface area (Å²) in [6, 6.07) is 10.7. The molecule has 0 amide bonds. The normalized spacial score (nSPS) is 19.5. The smallest absolute Gasteiger partial charge is 0.0594 e. The first-order chi connectivity index (χ1) is 13.2. The highest BCUT2D eigenvalue weighted by Gasteiger charge is 2.23. The fourth-order valence-corrected chi connectivity index (χ4v) is 4.31. The number of aromatic nitrogens is 1. The molecule has 27 heavy (non-hydrogen) atoms. The van der Waals surface area contributed by atoms with E-state index in [0.717, 1.165) is 65.7 Å². The second-order valence-electron chi connectivity index (χ2n) is 7.58. The molecule has 2 aliphatic heterocycles. The fraction of sp³-hybridized carbons (Fsp3) is 0.545. The molecular weight excluding hydrogens is 338 g/mol. The van der Waals surface area contributed by atoms with E-state index in [0.29, 0.717) is 0 Å². The second kappa shape index (κ2) is 8.57. The van der Waals surface area contributed by atoms with Gasteiger partial charge in [0.05, 0.1) is 26.4 Å².